The van der Waals surface area contributed by atoms with Gasteiger partial charge in [0.05, 0.1) is 5.56 Å². The zero-order chi connectivity index (χ0) is 11.8. The second-order valence-electron chi connectivity index (χ2n) is 2.70. The molecule has 0 unspecified atom stereocenters. The van der Waals surface area contributed by atoms with Crippen molar-refractivity contribution >= 4 is 42.3 Å². The van der Waals surface area contributed by atoms with Gasteiger partial charge in [-0.25, -0.2) is 22.2 Å². The van der Waals surface area contributed by atoms with Crippen LogP contribution in [0.15, 0.2) is 11.1 Å². The Balaban J connectivity index is 3.62. The van der Waals surface area contributed by atoms with E-state index in [0.29, 0.717) is 5.69 Å². The Bertz CT molecular complexity index is 492. The largest absolute Gasteiger partial charge is 0.279 e. The normalized spacial score (nSPS) is 12.1. The highest BCUT2D eigenvalue weighted by Crippen LogP contribution is 2.31. The molecule has 0 aliphatic heterocycles. The van der Waals surface area contributed by atoms with Crippen LogP contribution in [0.3, 0.4) is 0 Å². The molecule has 0 aliphatic rings. The van der Waals surface area contributed by atoms with Crippen molar-refractivity contribution < 1.29 is 17.2 Å². The molecular formula is C7H5ClF2INO2S. The van der Waals surface area contributed by atoms with Crippen LogP contribution in [0.4, 0.5) is 8.78 Å². The molecule has 1 aromatic rings. The van der Waals surface area contributed by atoms with E-state index in [1.165, 1.54) is 13.0 Å². The first-order valence-electron chi connectivity index (χ1n) is 3.63. The van der Waals surface area contributed by atoms with Gasteiger partial charge in [-0.3, -0.25) is 0 Å². The van der Waals surface area contributed by atoms with Gasteiger partial charge in [0.2, 0.25) is 0 Å². The molecular weight excluding hydrogens is 363 g/mol. The number of rotatable bonds is 2. The average molecular weight is 368 g/mol. The van der Waals surface area contributed by atoms with Crippen LogP contribution in [0, 0.1) is 10.5 Å². The molecule has 0 spiro atoms. The summed E-state index contributed by atoms with van der Waals surface area (Å²) in [5.74, 6) is 0. The summed E-state index contributed by atoms with van der Waals surface area (Å²) >= 11 is 1.62. The first-order chi connectivity index (χ1) is 6.73. The van der Waals surface area contributed by atoms with Gasteiger partial charge < -0.3 is 0 Å². The fourth-order valence-corrected chi connectivity index (χ4v) is 3.19. The molecule has 0 amide bonds. The van der Waals surface area contributed by atoms with E-state index in [4.69, 9.17) is 10.7 Å². The summed E-state index contributed by atoms with van der Waals surface area (Å²) < 4.78 is 47.4. The maximum Gasteiger partial charge on any atom is 0.279 e. The third-order valence-corrected chi connectivity index (χ3v) is 3.65. The molecule has 1 aromatic heterocycles. The van der Waals surface area contributed by atoms with Gasteiger partial charge in [0, 0.05) is 19.9 Å². The average Bonchev–Trinajstić information content (AvgIpc) is 1.99. The van der Waals surface area contributed by atoms with Crippen LogP contribution in [0.1, 0.15) is 17.7 Å². The Morgan fingerprint density at radius 3 is 2.47 bits per heavy atom. The number of hydrogen-bond acceptors (Lipinski definition) is 3. The summed E-state index contributed by atoms with van der Waals surface area (Å²) in [6, 6.07) is 1.37. The van der Waals surface area contributed by atoms with Crippen LogP contribution in [0.2, 0.25) is 0 Å². The van der Waals surface area contributed by atoms with E-state index in [-0.39, 0.29) is 3.57 Å². The van der Waals surface area contributed by atoms with Crippen LogP contribution >= 0.6 is 33.3 Å². The molecule has 0 bridgehead atoms. The van der Waals surface area contributed by atoms with Crippen LogP contribution in [0.5, 0.6) is 0 Å². The number of pyridine rings is 1. The minimum atomic E-state index is -4.25. The lowest BCUT2D eigenvalue weighted by Crippen LogP contribution is -2.06. The molecule has 0 atom stereocenters. The molecule has 0 saturated heterocycles. The van der Waals surface area contributed by atoms with E-state index in [0.717, 1.165) is 0 Å². The first-order valence-corrected chi connectivity index (χ1v) is 7.02. The van der Waals surface area contributed by atoms with Crippen molar-refractivity contribution in [2.75, 3.05) is 0 Å². The van der Waals surface area contributed by atoms with E-state index in [2.05, 4.69) is 4.98 Å². The molecule has 0 N–H and O–H groups in total. The Labute approximate surface area is 103 Å². The summed E-state index contributed by atoms with van der Waals surface area (Å²) in [5.41, 5.74) is -0.320. The Hall–Kier alpha value is -0.0200. The van der Waals surface area contributed by atoms with E-state index in [9.17, 15) is 17.2 Å². The number of aryl methyl sites for hydroxylation is 1. The minimum Gasteiger partial charge on any atom is -0.240 e. The summed E-state index contributed by atoms with van der Waals surface area (Å²) in [6.07, 6.45) is -2.92. The predicted molar refractivity (Wildman–Crippen MR) is 59.7 cm³/mol. The smallest absolute Gasteiger partial charge is 0.240 e. The summed E-state index contributed by atoms with van der Waals surface area (Å²) in [4.78, 5) is 3.52. The predicted octanol–water partition coefficient (Wildman–Crippen LogP) is 2.86. The van der Waals surface area contributed by atoms with E-state index in [1.54, 1.807) is 22.6 Å². The maximum atomic E-state index is 12.6. The molecule has 8 heteroatoms. The van der Waals surface area contributed by atoms with Crippen LogP contribution in [-0.2, 0) is 9.05 Å². The third kappa shape index (κ3) is 2.97. The van der Waals surface area contributed by atoms with Gasteiger partial charge in [-0.2, -0.15) is 0 Å². The highest BCUT2D eigenvalue weighted by atomic mass is 127. The zero-order valence-electron chi connectivity index (χ0n) is 7.34. The second kappa shape index (κ2) is 4.46. The van der Waals surface area contributed by atoms with Crippen molar-refractivity contribution in [2.45, 2.75) is 18.4 Å². The monoisotopic (exact) mass is 367 g/mol. The molecule has 0 saturated carbocycles. The van der Waals surface area contributed by atoms with Crippen LogP contribution < -0.4 is 0 Å². The molecule has 15 heavy (non-hydrogen) atoms. The SMILES string of the molecule is Cc1cc(I)c(C(F)F)c(S(=O)(=O)Cl)n1. The first kappa shape index (κ1) is 13.0. The molecule has 3 nitrogen and oxygen atoms in total. The molecule has 84 valence electrons. The maximum absolute atomic E-state index is 12.6. The van der Waals surface area contributed by atoms with Crippen molar-refractivity contribution in [1.29, 1.82) is 0 Å². The Morgan fingerprint density at radius 1 is 1.53 bits per heavy atom. The van der Waals surface area contributed by atoms with Gasteiger partial charge >= 0.3 is 0 Å². The lowest BCUT2D eigenvalue weighted by atomic mass is 10.2. The van der Waals surface area contributed by atoms with Gasteiger partial charge in [0.1, 0.15) is 0 Å². The van der Waals surface area contributed by atoms with Gasteiger partial charge in [0.25, 0.3) is 15.5 Å². The summed E-state index contributed by atoms with van der Waals surface area (Å²) in [5, 5.41) is -0.761. The number of nitrogens with zero attached hydrogens (tertiary/aromatic N) is 1. The highest BCUT2D eigenvalue weighted by Gasteiger charge is 2.26. The van der Waals surface area contributed by atoms with E-state index in [1.807, 2.05) is 0 Å². The van der Waals surface area contributed by atoms with Crippen molar-refractivity contribution in [1.82, 2.24) is 4.98 Å². The quantitative estimate of drug-likeness (QED) is 0.596. The molecule has 0 radical (unpaired) electrons. The number of alkyl halides is 2. The van der Waals surface area contributed by atoms with Crippen LogP contribution in [-0.4, -0.2) is 13.4 Å². The minimum absolute atomic E-state index is 0.134. The van der Waals surface area contributed by atoms with Gasteiger partial charge in [-0.15, -0.1) is 0 Å². The number of halogens is 4. The van der Waals surface area contributed by atoms with Crippen molar-refractivity contribution in [3.05, 3.63) is 20.9 Å². The van der Waals surface area contributed by atoms with E-state index >= 15 is 0 Å². The summed E-state index contributed by atoms with van der Waals surface area (Å²) in [7, 11) is 0.778. The van der Waals surface area contributed by atoms with Crippen LogP contribution in [0.25, 0.3) is 0 Å². The van der Waals surface area contributed by atoms with Gasteiger partial charge in [-0.1, -0.05) is 0 Å². The zero-order valence-corrected chi connectivity index (χ0v) is 11.1. The summed E-state index contributed by atoms with van der Waals surface area (Å²) in [6.45, 7) is 1.50. The standard InChI is InChI=1S/C7H5ClF2INO2S/c1-3-2-4(11)5(6(9)10)7(12-3)15(8,13)14/h2,6H,1H3. The van der Waals surface area contributed by atoms with Gasteiger partial charge in [-0.05, 0) is 35.6 Å². The molecule has 0 aromatic carbocycles. The highest BCUT2D eigenvalue weighted by molar-refractivity contribution is 14.1. The Kier molecular flexibility index (Phi) is 3.88. The molecule has 0 fully saturated rings. The molecule has 1 heterocycles. The van der Waals surface area contributed by atoms with E-state index < -0.39 is 26.1 Å². The number of hydrogen-bond donors (Lipinski definition) is 0. The van der Waals surface area contributed by atoms with Crippen molar-refractivity contribution in [2.24, 2.45) is 0 Å². The topological polar surface area (TPSA) is 47.0 Å². The van der Waals surface area contributed by atoms with Crippen molar-refractivity contribution in [3.63, 3.8) is 0 Å². The number of aromatic nitrogens is 1. The third-order valence-electron chi connectivity index (χ3n) is 1.55. The second-order valence-corrected chi connectivity index (χ2v) is 6.35. The Morgan fingerprint density at radius 2 is 2.07 bits per heavy atom. The molecule has 1 rings (SSSR count). The van der Waals surface area contributed by atoms with Crippen molar-refractivity contribution in [3.8, 4) is 0 Å². The lowest BCUT2D eigenvalue weighted by Gasteiger charge is -2.08. The van der Waals surface area contributed by atoms with Gasteiger partial charge in [0.15, 0.2) is 5.03 Å². The fraction of sp³-hybridized carbons (Fsp3) is 0.286. The molecule has 0 aliphatic carbocycles. The fourth-order valence-electron chi connectivity index (χ4n) is 0.999. The lowest BCUT2D eigenvalue weighted by molar-refractivity contribution is 0.146.